The van der Waals surface area contributed by atoms with Gasteiger partial charge in [0.2, 0.25) is 5.91 Å². The van der Waals surface area contributed by atoms with Crippen LogP contribution in [0.15, 0.2) is 45.5 Å². The molecule has 0 fully saturated rings. The topological polar surface area (TPSA) is 103 Å². The summed E-state index contributed by atoms with van der Waals surface area (Å²) in [6.45, 7) is -0.867. The van der Waals surface area contributed by atoms with Crippen molar-refractivity contribution < 1.29 is 18.3 Å². The number of carbonyl (C=O) groups excluding carboxylic acids is 1. The highest BCUT2D eigenvalue weighted by Crippen LogP contribution is 2.35. The third-order valence-electron chi connectivity index (χ3n) is 3.68. The summed E-state index contributed by atoms with van der Waals surface area (Å²) in [4.78, 5) is 16.2. The van der Waals surface area contributed by atoms with Crippen molar-refractivity contribution in [2.45, 2.75) is 18.1 Å². The SMILES string of the molecule is CN=C1NC(OCC(F)F)C(C(N)=O)(c2ccc(Br)cc2)C=C1N. The maximum absolute atomic E-state index is 12.6. The lowest BCUT2D eigenvalue weighted by Crippen LogP contribution is -2.61. The van der Waals surface area contributed by atoms with Crippen LogP contribution in [-0.4, -0.2) is 38.1 Å². The normalized spacial score (nSPS) is 25.5. The van der Waals surface area contributed by atoms with Crippen LogP contribution in [0.4, 0.5) is 8.78 Å². The Hall–Kier alpha value is -2.00. The molecule has 0 aliphatic carbocycles. The summed E-state index contributed by atoms with van der Waals surface area (Å²) in [5, 5.41) is 2.78. The molecule has 0 radical (unpaired) electrons. The lowest BCUT2D eigenvalue weighted by molar-refractivity contribution is -0.130. The molecule has 0 spiro atoms. The molecule has 0 saturated heterocycles. The first-order valence-corrected chi connectivity index (χ1v) is 7.78. The minimum atomic E-state index is -2.70. The highest BCUT2D eigenvalue weighted by molar-refractivity contribution is 9.10. The average molecular weight is 403 g/mol. The van der Waals surface area contributed by atoms with E-state index in [4.69, 9.17) is 16.2 Å². The predicted molar refractivity (Wildman–Crippen MR) is 89.5 cm³/mol. The second kappa shape index (κ2) is 7.27. The summed E-state index contributed by atoms with van der Waals surface area (Å²) in [6.07, 6.45) is -2.48. The van der Waals surface area contributed by atoms with Crippen molar-refractivity contribution in [3.63, 3.8) is 0 Å². The Labute approximate surface area is 146 Å². The van der Waals surface area contributed by atoms with E-state index < -0.39 is 30.6 Å². The zero-order valence-corrected chi connectivity index (χ0v) is 14.4. The number of primary amides is 1. The summed E-state index contributed by atoms with van der Waals surface area (Å²) in [7, 11) is 1.48. The molecule has 2 rings (SSSR count). The molecule has 0 saturated carbocycles. The fourth-order valence-corrected chi connectivity index (χ4v) is 2.81. The Kier molecular flexibility index (Phi) is 5.55. The maximum atomic E-state index is 12.6. The van der Waals surface area contributed by atoms with Gasteiger partial charge in [-0.25, -0.2) is 8.78 Å². The van der Waals surface area contributed by atoms with E-state index >= 15 is 0 Å². The van der Waals surface area contributed by atoms with E-state index in [2.05, 4.69) is 26.2 Å². The van der Waals surface area contributed by atoms with E-state index in [1.807, 2.05) is 0 Å². The van der Waals surface area contributed by atoms with Crippen molar-refractivity contribution in [3.8, 4) is 0 Å². The van der Waals surface area contributed by atoms with Crippen LogP contribution in [0.5, 0.6) is 0 Å². The molecule has 1 aliphatic heterocycles. The van der Waals surface area contributed by atoms with Crippen LogP contribution in [0.2, 0.25) is 0 Å². The quantitative estimate of drug-likeness (QED) is 0.689. The third-order valence-corrected chi connectivity index (χ3v) is 4.21. The zero-order valence-electron chi connectivity index (χ0n) is 12.8. The maximum Gasteiger partial charge on any atom is 0.261 e. The Bertz CT molecular complexity index is 679. The van der Waals surface area contributed by atoms with Gasteiger partial charge in [-0.15, -0.1) is 0 Å². The van der Waals surface area contributed by atoms with Gasteiger partial charge in [0.05, 0.1) is 5.70 Å². The van der Waals surface area contributed by atoms with Crippen LogP contribution < -0.4 is 16.8 Å². The van der Waals surface area contributed by atoms with Crippen molar-refractivity contribution >= 4 is 27.7 Å². The van der Waals surface area contributed by atoms with Gasteiger partial charge in [0.25, 0.3) is 6.43 Å². The van der Waals surface area contributed by atoms with Crippen LogP contribution in [0, 0.1) is 0 Å². The molecule has 130 valence electrons. The van der Waals surface area contributed by atoms with E-state index in [-0.39, 0.29) is 11.5 Å². The predicted octanol–water partition coefficient (Wildman–Crippen LogP) is 1.25. The number of aliphatic imine (C=N–C) groups is 1. The summed E-state index contributed by atoms with van der Waals surface area (Å²) in [5.41, 5.74) is 10.6. The van der Waals surface area contributed by atoms with Crippen LogP contribution in [-0.2, 0) is 14.9 Å². The van der Waals surface area contributed by atoms with Gasteiger partial charge in [0.15, 0.2) is 6.23 Å². The van der Waals surface area contributed by atoms with Gasteiger partial charge < -0.3 is 21.5 Å². The number of rotatable bonds is 5. The van der Waals surface area contributed by atoms with E-state index in [0.717, 1.165) is 4.47 Å². The van der Waals surface area contributed by atoms with Crippen molar-refractivity contribution in [1.29, 1.82) is 0 Å². The molecule has 0 bridgehead atoms. The van der Waals surface area contributed by atoms with E-state index in [1.54, 1.807) is 24.3 Å². The fraction of sp³-hybridized carbons (Fsp3) is 0.333. The Morgan fingerprint density at radius 1 is 1.46 bits per heavy atom. The summed E-state index contributed by atoms with van der Waals surface area (Å²) in [5.74, 6) is -0.544. The first kappa shape index (κ1) is 18.3. The second-order valence-corrected chi connectivity index (χ2v) is 6.08. The Balaban J connectivity index is 2.59. The Morgan fingerprint density at radius 2 is 2.08 bits per heavy atom. The van der Waals surface area contributed by atoms with Gasteiger partial charge in [-0.1, -0.05) is 28.1 Å². The van der Waals surface area contributed by atoms with Gasteiger partial charge in [0.1, 0.15) is 17.9 Å². The smallest absolute Gasteiger partial charge is 0.261 e. The van der Waals surface area contributed by atoms with Crippen LogP contribution >= 0.6 is 15.9 Å². The van der Waals surface area contributed by atoms with Gasteiger partial charge in [0, 0.05) is 11.5 Å². The van der Waals surface area contributed by atoms with Crippen molar-refractivity contribution in [2.24, 2.45) is 16.5 Å². The molecule has 5 N–H and O–H groups in total. The van der Waals surface area contributed by atoms with Gasteiger partial charge in [-0.3, -0.25) is 9.79 Å². The number of nitrogens with zero attached hydrogens (tertiary/aromatic N) is 1. The molecule has 1 aromatic rings. The highest BCUT2D eigenvalue weighted by Gasteiger charge is 2.49. The van der Waals surface area contributed by atoms with Gasteiger partial charge in [-0.2, -0.15) is 0 Å². The number of alkyl halides is 2. The lowest BCUT2D eigenvalue weighted by atomic mass is 9.75. The van der Waals surface area contributed by atoms with Crippen LogP contribution in [0.1, 0.15) is 5.56 Å². The van der Waals surface area contributed by atoms with Crippen LogP contribution in [0.3, 0.4) is 0 Å². The summed E-state index contributed by atoms with van der Waals surface area (Å²) >= 11 is 3.30. The van der Waals surface area contributed by atoms with E-state index in [1.165, 1.54) is 13.1 Å². The molecule has 2 unspecified atom stereocenters. The fourth-order valence-electron chi connectivity index (χ4n) is 2.55. The summed E-state index contributed by atoms with van der Waals surface area (Å²) in [6, 6.07) is 6.70. The van der Waals surface area contributed by atoms with Crippen LogP contribution in [0.25, 0.3) is 0 Å². The molecule has 1 heterocycles. The number of hydrogen-bond donors (Lipinski definition) is 3. The number of hydrogen-bond acceptors (Lipinski definition) is 4. The monoisotopic (exact) mass is 402 g/mol. The van der Waals surface area contributed by atoms with Crippen molar-refractivity contribution in [3.05, 3.63) is 46.1 Å². The number of nitrogens with one attached hydrogen (secondary N) is 1. The molecular formula is C15H17BrF2N4O2. The number of benzene rings is 1. The highest BCUT2D eigenvalue weighted by atomic mass is 79.9. The van der Waals surface area contributed by atoms with Crippen molar-refractivity contribution in [2.75, 3.05) is 13.7 Å². The largest absolute Gasteiger partial charge is 0.396 e. The average Bonchev–Trinajstić information content (AvgIpc) is 2.53. The molecule has 1 aliphatic rings. The van der Waals surface area contributed by atoms with Gasteiger partial charge in [-0.05, 0) is 23.8 Å². The third kappa shape index (κ3) is 3.41. The number of amides is 1. The van der Waals surface area contributed by atoms with Gasteiger partial charge >= 0.3 is 0 Å². The van der Waals surface area contributed by atoms with Crippen molar-refractivity contribution in [1.82, 2.24) is 5.32 Å². The van der Waals surface area contributed by atoms with E-state index in [9.17, 15) is 13.6 Å². The number of carbonyl (C=O) groups is 1. The Morgan fingerprint density at radius 3 is 2.58 bits per heavy atom. The molecule has 24 heavy (non-hydrogen) atoms. The molecule has 0 aromatic heterocycles. The molecule has 2 atom stereocenters. The zero-order chi connectivity index (χ0) is 17.9. The number of ether oxygens (including phenoxy) is 1. The minimum absolute atomic E-state index is 0.177. The molecular weight excluding hydrogens is 386 g/mol. The molecule has 1 amide bonds. The molecule has 9 heteroatoms. The minimum Gasteiger partial charge on any atom is -0.396 e. The van der Waals surface area contributed by atoms with E-state index in [0.29, 0.717) is 5.56 Å². The second-order valence-electron chi connectivity index (χ2n) is 5.16. The first-order valence-electron chi connectivity index (χ1n) is 6.99. The molecule has 6 nitrogen and oxygen atoms in total. The summed E-state index contributed by atoms with van der Waals surface area (Å²) < 4.78 is 31.2. The number of nitrogens with two attached hydrogens (primary N) is 2. The number of halogens is 3. The molecule has 1 aromatic carbocycles. The number of amidine groups is 1. The first-order chi connectivity index (χ1) is 11.3. The lowest BCUT2D eigenvalue weighted by Gasteiger charge is -2.40. The standard InChI is InChI=1S/C15H17BrF2N4O2/c1-21-12-10(19)6-15(13(20)23,8-2-4-9(16)5-3-8)14(22-12)24-7-11(17)18/h2-6,11,14H,7,19H2,1H3,(H2,20,23)(H,21,22).